The van der Waals surface area contributed by atoms with E-state index in [9.17, 15) is 18.3 Å². The third-order valence-electron chi connectivity index (χ3n) is 3.85. The molecule has 0 radical (unpaired) electrons. The molecule has 0 spiro atoms. The van der Waals surface area contributed by atoms with Gasteiger partial charge in [-0.05, 0) is 29.8 Å². The van der Waals surface area contributed by atoms with Gasteiger partial charge in [0.2, 0.25) is 0 Å². The number of aliphatic hydroxyl groups excluding tert-OH is 1. The van der Waals surface area contributed by atoms with Crippen LogP contribution in [0.2, 0.25) is 0 Å². The van der Waals surface area contributed by atoms with Crippen LogP contribution < -0.4 is 0 Å². The highest BCUT2D eigenvalue weighted by Gasteiger charge is 2.33. The molecular weight excluding hydrogens is 331 g/mol. The second kappa shape index (κ2) is 7.06. The summed E-state index contributed by atoms with van der Waals surface area (Å²) in [6.45, 7) is 0.0941. The molecule has 1 atom stereocenters. The third-order valence-corrected chi connectivity index (χ3v) is 3.85. The number of pyridine rings is 1. The minimum atomic E-state index is -4.44. The van der Waals surface area contributed by atoms with Crippen LogP contribution in [-0.2, 0) is 19.1 Å². The Balaban J connectivity index is 1.77. The van der Waals surface area contributed by atoms with Crippen molar-refractivity contribution < 1.29 is 18.3 Å². The van der Waals surface area contributed by atoms with Crippen LogP contribution in [0, 0.1) is 0 Å². The van der Waals surface area contributed by atoms with Crippen molar-refractivity contribution in [1.82, 2.24) is 14.8 Å². The van der Waals surface area contributed by atoms with E-state index >= 15 is 0 Å². The zero-order valence-corrected chi connectivity index (χ0v) is 13.2. The van der Waals surface area contributed by atoms with Gasteiger partial charge in [0.15, 0.2) is 0 Å². The standard InChI is InChI=1S/C18H16F3N3O/c19-18(20,21)16-4-2-1-3-14(16)11-15(25)12-24-17(7-10-23-24)13-5-8-22-9-6-13/h1-10,15,25H,11-12H2. The second-order valence-electron chi connectivity index (χ2n) is 5.65. The molecule has 0 saturated heterocycles. The zero-order chi connectivity index (χ0) is 17.9. The van der Waals surface area contributed by atoms with E-state index < -0.39 is 17.8 Å². The molecule has 7 heteroatoms. The summed E-state index contributed by atoms with van der Waals surface area (Å²) in [5.41, 5.74) is 0.991. The van der Waals surface area contributed by atoms with Gasteiger partial charge in [0.1, 0.15) is 0 Å². The van der Waals surface area contributed by atoms with Crippen LogP contribution in [0.4, 0.5) is 13.2 Å². The Kier molecular flexibility index (Phi) is 4.85. The third kappa shape index (κ3) is 4.06. The maximum atomic E-state index is 13.1. The minimum Gasteiger partial charge on any atom is -0.391 e. The Morgan fingerprint density at radius 3 is 2.44 bits per heavy atom. The number of rotatable bonds is 5. The van der Waals surface area contributed by atoms with Gasteiger partial charge in [-0.1, -0.05) is 18.2 Å². The average Bonchev–Trinajstić information content (AvgIpc) is 3.03. The Bertz CT molecular complexity index is 831. The van der Waals surface area contributed by atoms with Crippen molar-refractivity contribution in [3.8, 4) is 11.3 Å². The lowest BCUT2D eigenvalue weighted by Gasteiger charge is -2.17. The van der Waals surface area contributed by atoms with Crippen LogP contribution in [0.3, 0.4) is 0 Å². The molecule has 0 amide bonds. The Hall–Kier alpha value is -2.67. The summed E-state index contributed by atoms with van der Waals surface area (Å²) < 4.78 is 40.7. The van der Waals surface area contributed by atoms with Crippen LogP contribution >= 0.6 is 0 Å². The van der Waals surface area contributed by atoms with Gasteiger partial charge in [-0.25, -0.2) is 0 Å². The van der Waals surface area contributed by atoms with Gasteiger partial charge in [-0.15, -0.1) is 0 Å². The number of aromatic nitrogens is 3. The van der Waals surface area contributed by atoms with Crippen LogP contribution in [0.25, 0.3) is 11.3 Å². The normalized spacial score (nSPS) is 13.0. The molecule has 0 aliphatic rings. The van der Waals surface area contributed by atoms with E-state index in [0.717, 1.165) is 17.3 Å². The van der Waals surface area contributed by atoms with E-state index in [2.05, 4.69) is 10.1 Å². The van der Waals surface area contributed by atoms with Crippen LogP contribution in [0.5, 0.6) is 0 Å². The van der Waals surface area contributed by atoms with Crippen LogP contribution in [-0.4, -0.2) is 26.0 Å². The Labute approximate surface area is 142 Å². The fourth-order valence-electron chi connectivity index (χ4n) is 2.74. The molecule has 0 bridgehead atoms. The number of nitrogens with zero attached hydrogens (tertiary/aromatic N) is 3. The molecule has 0 aliphatic carbocycles. The first-order valence-electron chi connectivity index (χ1n) is 7.70. The molecule has 2 heterocycles. The van der Waals surface area contributed by atoms with Gasteiger partial charge in [0.05, 0.1) is 23.9 Å². The first kappa shape index (κ1) is 17.2. The lowest BCUT2D eigenvalue weighted by atomic mass is 10.0. The monoisotopic (exact) mass is 347 g/mol. The topological polar surface area (TPSA) is 50.9 Å². The highest BCUT2D eigenvalue weighted by Crippen LogP contribution is 2.32. The van der Waals surface area contributed by atoms with Crippen molar-refractivity contribution in [1.29, 1.82) is 0 Å². The Morgan fingerprint density at radius 1 is 1.00 bits per heavy atom. The van der Waals surface area contributed by atoms with Crippen LogP contribution in [0.1, 0.15) is 11.1 Å². The van der Waals surface area contributed by atoms with Crippen molar-refractivity contribution in [3.63, 3.8) is 0 Å². The maximum Gasteiger partial charge on any atom is 0.416 e. The second-order valence-corrected chi connectivity index (χ2v) is 5.65. The summed E-state index contributed by atoms with van der Waals surface area (Å²) in [7, 11) is 0. The van der Waals surface area contributed by atoms with E-state index in [0.29, 0.717) is 0 Å². The van der Waals surface area contributed by atoms with Gasteiger partial charge in [0, 0.05) is 30.6 Å². The van der Waals surface area contributed by atoms with Gasteiger partial charge in [-0.3, -0.25) is 9.67 Å². The molecular formula is C18H16F3N3O. The molecule has 4 nitrogen and oxygen atoms in total. The summed E-state index contributed by atoms with van der Waals surface area (Å²) in [6.07, 6.45) is -0.670. The number of benzene rings is 1. The average molecular weight is 347 g/mol. The van der Waals surface area contributed by atoms with Crippen molar-refractivity contribution in [2.45, 2.75) is 25.2 Å². The van der Waals surface area contributed by atoms with Crippen molar-refractivity contribution in [2.24, 2.45) is 0 Å². The number of hydrogen-bond donors (Lipinski definition) is 1. The summed E-state index contributed by atoms with van der Waals surface area (Å²) in [4.78, 5) is 3.95. The SMILES string of the molecule is OC(Cc1ccccc1C(F)(F)F)Cn1nccc1-c1ccncc1. The number of aliphatic hydroxyl groups is 1. The van der Waals surface area contributed by atoms with Gasteiger partial charge < -0.3 is 5.11 Å². The summed E-state index contributed by atoms with van der Waals surface area (Å²) in [6, 6.07) is 10.7. The van der Waals surface area contributed by atoms with E-state index in [1.165, 1.54) is 18.2 Å². The maximum absolute atomic E-state index is 13.1. The molecule has 2 aromatic heterocycles. The zero-order valence-electron chi connectivity index (χ0n) is 13.2. The highest BCUT2D eigenvalue weighted by molar-refractivity contribution is 5.58. The molecule has 0 fully saturated rings. The van der Waals surface area contributed by atoms with E-state index in [-0.39, 0.29) is 18.5 Å². The van der Waals surface area contributed by atoms with Crippen LogP contribution in [0.15, 0.2) is 61.1 Å². The predicted octanol–water partition coefficient (Wildman–Crippen LogP) is 3.57. The molecule has 0 aliphatic heterocycles. The molecule has 3 rings (SSSR count). The van der Waals surface area contributed by atoms with E-state index in [1.54, 1.807) is 41.5 Å². The number of alkyl halides is 3. The van der Waals surface area contributed by atoms with Crippen molar-refractivity contribution in [3.05, 3.63) is 72.2 Å². The smallest absolute Gasteiger partial charge is 0.391 e. The highest BCUT2D eigenvalue weighted by atomic mass is 19.4. The van der Waals surface area contributed by atoms with E-state index in [1.807, 2.05) is 0 Å². The van der Waals surface area contributed by atoms with Crippen molar-refractivity contribution >= 4 is 0 Å². The number of hydrogen-bond acceptors (Lipinski definition) is 3. The first-order chi connectivity index (χ1) is 11.9. The molecule has 3 aromatic rings. The summed E-state index contributed by atoms with van der Waals surface area (Å²) in [5, 5.41) is 14.5. The fraction of sp³-hybridized carbons (Fsp3) is 0.222. The quantitative estimate of drug-likeness (QED) is 0.768. The van der Waals surface area contributed by atoms with Gasteiger partial charge >= 0.3 is 6.18 Å². The molecule has 1 aromatic carbocycles. The lowest BCUT2D eigenvalue weighted by molar-refractivity contribution is -0.138. The summed E-state index contributed by atoms with van der Waals surface area (Å²) in [5.74, 6) is 0. The van der Waals surface area contributed by atoms with Gasteiger partial charge in [-0.2, -0.15) is 18.3 Å². The molecule has 130 valence electrons. The fourth-order valence-corrected chi connectivity index (χ4v) is 2.74. The molecule has 1 N–H and O–H groups in total. The molecule has 1 unspecified atom stereocenters. The predicted molar refractivity (Wildman–Crippen MR) is 86.6 cm³/mol. The molecule has 0 saturated carbocycles. The van der Waals surface area contributed by atoms with E-state index in [4.69, 9.17) is 0 Å². The number of halogens is 3. The largest absolute Gasteiger partial charge is 0.416 e. The van der Waals surface area contributed by atoms with Gasteiger partial charge in [0.25, 0.3) is 0 Å². The lowest BCUT2D eigenvalue weighted by Crippen LogP contribution is -2.22. The Morgan fingerprint density at radius 2 is 1.72 bits per heavy atom. The van der Waals surface area contributed by atoms with Crippen molar-refractivity contribution in [2.75, 3.05) is 0 Å². The minimum absolute atomic E-state index is 0.0696. The first-order valence-corrected chi connectivity index (χ1v) is 7.70. The summed E-state index contributed by atoms with van der Waals surface area (Å²) >= 11 is 0. The molecule has 25 heavy (non-hydrogen) atoms.